The lowest BCUT2D eigenvalue weighted by Gasteiger charge is -2.15. The molecule has 3 rings (SSSR count). The van der Waals surface area contributed by atoms with Crippen LogP contribution in [0, 0.1) is 6.92 Å². The van der Waals surface area contributed by atoms with Gasteiger partial charge in [-0.1, -0.05) is 6.07 Å². The molecule has 2 aromatic rings. The number of tetrazole rings is 1. The van der Waals surface area contributed by atoms with Gasteiger partial charge in [0.1, 0.15) is 6.33 Å². The molecule has 2 atom stereocenters. The van der Waals surface area contributed by atoms with Crippen LogP contribution < -0.4 is 5.32 Å². The van der Waals surface area contributed by atoms with Crippen molar-refractivity contribution in [1.29, 1.82) is 0 Å². The Bertz CT molecular complexity index is 569. The van der Waals surface area contributed by atoms with E-state index in [4.69, 9.17) is 4.74 Å². The molecule has 2 heterocycles. The summed E-state index contributed by atoms with van der Waals surface area (Å²) in [7, 11) is 0. The third-order valence-electron chi connectivity index (χ3n) is 3.67. The van der Waals surface area contributed by atoms with E-state index in [0.29, 0.717) is 12.2 Å². The smallest absolute Gasteiger partial charge is 0.143 e. The highest BCUT2D eigenvalue weighted by Gasteiger charge is 2.21. The van der Waals surface area contributed by atoms with Crippen LogP contribution in [-0.4, -0.2) is 39.0 Å². The van der Waals surface area contributed by atoms with Crippen LogP contribution in [0.4, 0.5) is 5.69 Å². The van der Waals surface area contributed by atoms with E-state index in [0.717, 1.165) is 30.8 Å². The van der Waals surface area contributed by atoms with Crippen molar-refractivity contribution in [3.8, 4) is 5.69 Å². The first-order valence-corrected chi connectivity index (χ1v) is 6.96. The molecule has 1 N–H and O–H groups in total. The molecular weight excluding hydrogens is 254 g/mol. The first-order chi connectivity index (χ1) is 9.72. The van der Waals surface area contributed by atoms with Gasteiger partial charge in [0, 0.05) is 12.2 Å². The van der Waals surface area contributed by atoms with E-state index in [-0.39, 0.29) is 0 Å². The number of hydrogen-bond donors (Lipinski definition) is 1. The predicted molar refractivity (Wildman–Crippen MR) is 75.9 cm³/mol. The largest absolute Gasteiger partial charge is 0.382 e. The van der Waals surface area contributed by atoms with Crippen LogP contribution >= 0.6 is 0 Å². The molecule has 0 saturated carbocycles. The first-order valence-electron chi connectivity index (χ1n) is 6.96. The van der Waals surface area contributed by atoms with Gasteiger partial charge in [0.15, 0.2) is 0 Å². The lowest BCUT2D eigenvalue weighted by atomic mass is 10.1. The Hall–Kier alpha value is -1.95. The van der Waals surface area contributed by atoms with Crippen molar-refractivity contribution in [3.05, 3.63) is 30.1 Å². The van der Waals surface area contributed by atoms with Gasteiger partial charge in [0.2, 0.25) is 0 Å². The van der Waals surface area contributed by atoms with E-state index < -0.39 is 0 Å². The molecule has 2 unspecified atom stereocenters. The van der Waals surface area contributed by atoms with Crippen molar-refractivity contribution in [2.24, 2.45) is 0 Å². The Balaban J connectivity index is 1.70. The number of anilines is 1. The topological polar surface area (TPSA) is 64.9 Å². The van der Waals surface area contributed by atoms with Crippen LogP contribution in [0.1, 0.15) is 25.3 Å². The quantitative estimate of drug-likeness (QED) is 0.922. The summed E-state index contributed by atoms with van der Waals surface area (Å²) in [6, 6.07) is 6.13. The molecule has 0 amide bonds. The molecule has 1 aromatic carbocycles. The molecule has 106 valence electrons. The Labute approximate surface area is 118 Å². The van der Waals surface area contributed by atoms with E-state index in [9.17, 15) is 0 Å². The summed E-state index contributed by atoms with van der Waals surface area (Å²) in [5.74, 6) is 0. The Morgan fingerprint density at radius 1 is 1.40 bits per heavy atom. The molecule has 20 heavy (non-hydrogen) atoms. The summed E-state index contributed by atoms with van der Waals surface area (Å²) >= 11 is 0. The van der Waals surface area contributed by atoms with Gasteiger partial charge in [-0.2, -0.15) is 0 Å². The summed E-state index contributed by atoms with van der Waals surface area (Å²) in [4.78, 5) is 0. The number of nitrogens with one attached hydrogen (secondary N) is 1. The predicted octanol–water partition coefficient (Wildman–Crippen LogP) is 1.95. The Morgan fingerprint density at radius 2 is 2.30 bits per heavy atom. The van der Waals surface area contributed by atoms with Crippen molar-refractivity contribution in [2.75, 3.05) is 11.9 Å². The van der Waals surface area contributed by atoms with Crippen molar-refractivity contribution in [1.82, 2.24) is 20.2 Å². The monoisotopic (exact) mass is 273 g/mol. The normalized spacial score (nSPS) is 22.1. The number of aryl methyl sites for hydroxylation is 1. The molecule has 0 spiro atoms. The molecule has 1 aromatic heterocycles. The maximum Gasteiger partial charge on any atom is 0.143 e. The van der Waals surface area contributed by atoms with Gasteiger partial charge in [-0.3, -0.25) is 0 Å². The zero-order valence-electron chi connectivity index (χ0n) is 11.8. The molecule has 0 radical (unpaired) electrons. The van der Waals surface area contributed by atoms with Crippen molar-refractivity contribution >= 4 is 5.69 Å². The number of benzene rings is 1. The average molecular weight is 273 g/mol. The zero-order valence-corrected chi connectivity index (χ0v) is 11.8. The Morgan fingerprint density at radius 3 is 3.00 bits per heavy atom. The zero-order chi connectivity index (χ0) is 13.9. The molecule has 1 saturated heterocycles. The number of rotatable bonds is 4. The summed E-state index contributed by atoms with van der Waals surface area (Å²) in [6.07, 6.45) is 4.56. The molecular formula is C14H19N5O. The molecule has 1 aliphatic heterocycles. The fraction of sp³-hybridized carbons (Fsp3) is 0.500. The highest BCUT2D eigenvalue weighted by Crippen LogP contribution is 2.22. The van der Waals surface area contributed by atoms with Gasteiger partial charge < -0.3 is 10.1 Å². The van der Waals surface area contributed by atoms with E-state index in [2.05, 4.69) is 46.8 Å². The maximum absolute atomic E-state index is 5.83. The third-order valence-corrected chi connectivity index (χ3v) is 3.67. The highest BCUT2D eigenvalue weighted by atomic mass is 16.5. The van der Waals surface area contributed by atoms with Gasteiger partial charge in [-0.15, -0.1) is 5.10 Å². The van der Waals surface area contributed by atoms with E-state index in [1.807, 2.05) is 6.07 Å². The van der Waals surface area contributed by atoms with Crippen molar-refractivity contribution < 1.29 is 4.74 Å². The highest BCUT2D eigenvalue weighted by molar-refractivity contribution is 5.56. The van der Waals surface area contributed by atoms with Crippen LogP contribution in [-0.2, 0) is 4.74 Å². The minimum Gasteiger partial charge on any atom is -0.382 e. The van der Waals surface area contributed by atoms with Gasteiger partial charge in [0.25, 0.3) is 0 Å². The second-order valence-electron chi connectivity index (χ2n) is 5.28. The minimum atomic E-state index is 0.307. The summed E-state index contributed by atoms with van der Waals surface area (Å²) < 4.78 is 7.48. The van der Waals surface area contributed by atoms with E-state index in [1.54, 1.807) is 11.0 Å². The van der Waals surface area contributed by atoms with E-state index in [1.165, 1.54) is 5.56 Å². The van der Waals surface area contributed by atoms with Crippen LogP contribution in [0.2, 0.25) is 0 Å². The molecule has 6 heteroatoms. The Kier molecular flexibility index (Phi) is 3.64. The number of nitrogens with zero attached hydrogens (tertiary/aromatic N) is 4. The fourth-order valence-electron chi connectivity index (χ4n) is 2.48. The number of hydrogen-bond acceptors (Lipinski definition) is 5. The molecule has 0 aliphatic carbocycles. The second kappa shape index (κ2) is 5.58. The van der Waals surface area contributed by atoms with Crippen LogP contribution in [0.25, 0.3) is 5.69 Å². The molecule has 0 bridgehead atoms. The number of ether oxygens (including phenoxy) is 1. The van der Waals surface area contributed by atoms with Crippen LogP contribution in [0.5, 0.6) is 0 Å². The lowest BCUT2D eigenvalue weighted by Crippen LogP contribution is -2.20. The number of aromatic nitrogens is 4. The average Bonchev–Trinajstić information content (AvgIpc) is 3.09. The van der Waals surface area contributed by atoms with Gasteiger partial charge in [0.05, 0.1) is 17.9 Å². The van der Waals surface area contributed by atoms with Crippen molar-refractivity contribution in [2.45, 2.75) is 38.9 Å². The summed E-state index contributed by atoms with van der Waals surface area (Å²) in [5, 5.41) is 14.7. The molecule has 6 nitrogen and oxygen atoms in total. The minimum absolute atomic E-state index is 0.307. The first kappa shape index (κ1) is 13.1. The maximum atomic E-state index is 5.83. The van der Waals surface area contributed by atoms with Crippen molar-refractivity contribution in [3.63, 3.8) is 0 Å². The van der Waals surface area contributed by atoms with E-state index >= 15 is 0 Å². The summed E-state index contributed by atoms with van der Waals surface area (Å²) in [5.41, 5.74) is 3.25. The standard InChI is InChI=1S/C14H19N5O/c1-10-3-5-12(19-9-16-17-18-19)7-14(10)15-8-13-6-4-11(2)20-13/h3,5,7,9,11,13,15H,4,6,8H2,1-2H3. The van der Waals surface area contributed by atoms with Crippen LogP contribution in [0.3, 0.4) is 0 Å². The molecule has 1 aliphatic rings. The van der Waals surface area contributed by atoms with Gasteiger partial charge >= 0.3 is 0 Å². The fourth-order valence-corrected chi connectivity index (χ4v) is 2.48. The van der Waals surface area contributed by atoms with Gasteiger partial charge in [-0.05, 0) is 54.8 Å². The molecule has 1 fully saturated rings. The van der Waals surface area contributed by atoms with Gasteiger partial charge in [-0.25, -0.2) is 4.68 Å². The SMILES string of the molecule is Cc1ccc(-n2cnnn2)cc1NCC1CCC(C)O1. The lowest BCUT2D eigenvalue weighted by molar-refractivity contribution is 0.0637. The third kappa shape index (κ3) is 2.80. The van der Waals surface area contributed by atoms with Crippen LogP contribution in [0.15, 0.2) is 24.5 Å². The summed E-state index contributed by atoms with van der Waals surface area (Å²) in [6.45, 7) is 5.05. The second-order valence-corrected chi connectivity index (χ2v) is 5.28.